The number of benzene rings is 2. The van der Waals surface area contributed by atoms with E-state index < -0.39 is 16.0 Å². The summed E-state index contributed by atoms with van der Waals surface area (Å²) in [5, 5.41) is 0.367. The van der Waals surface area contributed by atoms with Crippen LogP contribution in [-0.2, 0) is 19.6 Å². The fraction of sp³-hybridized carbons (Fsp3) is 0.235. The van der Waals surface area contributed by atoms with Crippen LogP contribution in [0.25, 0.3) is 0 Å². The molecule has 0 aromatic heterocycles. The van der Waals surface area contributed by atoms with E-state index >= 15 is 0 Å². The zero-order valence-corrected chi connectivity index (χ0v) is 15.8. The maximum atomic E-state index is 12.5. The molecule has 1 N–H and O–H groups in total. The first kappa shape index (κ1) is 19.9. The van der Waals surface area contributed by atoms with Crippen molar-refractivity contribution in [1.29, 1.82) is 0 Å². The van der Waals surface area contributed by atoms with Crippen LogP contribution in [-0.4, -0.2) is 34.7 Å². The molecule has 2 aromatic rings. The summed E-state index contributed by atoms with van der Waals surface area (Å²) in [7, 11) is -2.43. The largest absolute Gasteiger partial charge is 0.495 e. The normalized spacial score (nSPS) is 10.9. The second-order valence-electron chi connectivity index (χ2n) is 5.02. The highest BCUT2D eigenvalue weighted by Gasteiger charge is 2.17. The summed E-state index contributed by atoms with van der Waals surface area (Å²) in [6, 6.07) is 10.2. The van der Waals surface area contributed by atoms with Crippen LogP contribution in [0.5, 0.6) is 11.5 Å². The highest BCUT2D eigenvalue weighted by atomic mass is 35.5. The number of ether oxygens (including phenoxy) is 3. The van der Waals surface area contributed by atoms with Crippen molar-refractivity contribution in [1.82, 2.24) is 0 Å². The molecule has 2 rings (SSSR count). The van der Waals surface area contributed by atoms with Crippen molar-refractivity contribution in [3.63, 3.8) is 0 Å². The molecule has 0 aliphatic rings. The number of nitrogens with one attached hydrogen (secondary N) is 1. The Balaban J connectivity index is 2.12. The zero-order chi connectivity index (χ0) is 19.2. The van der Waals surface area contributed by atoms with Crippen molar-refractivity contribution >= 4 is 33.3 Å². The van der Waals surface area contributed by atoms with E-state index in [0.29, 0.717) is 16.5 Å². The summed E-state index contributed by atoms with van der Waals surface area (Å²) in [4.78, 5) is 11.3. The molecule has 0 fully saturated rings. The molecule has 0 spiro atoms. The number of rotatable bonds is 8. The predicted octanol–water partition coefficient (Wildman–Crippen LogP) is 3.09. The van der Waals surface area contributed by atoms with Crippen molar-refractivity contribution in [2.24, 2.45) is 0 Å². The van der Waals surface area contributed by atoms with Gasteiger partial charge >= 0.3 is 5.97 Å². The third-order valence-corrected chi connectivity index (χ3v) is 4.82. The number of hydrogen-bond donors (Lipinski definition) is 1. The molecule has 7 nitrogen and oxygen atoms in total. The number of methoxy groups -OCH3 is 1. The Kier molecular flexibility index (Phi) is 6.70. The Morgan fingerprint density at radius 1 is 1.15 bits per heavy atom. The van der Waals surface area contributed by atoms with Crippen LogP contribution in [0.1, 0.15) is 6.92 Å². The third kappa shape index (κ3) is 5.27. The van der Waals surface area contributed by atoms with Crippen molar-refractivity contribution in [3.8, 4) is 11.5 Å². The lowest BCUT2D eigenvalue weighted by molar-refractivity contribution is -0.145. The van der Waals surface area contributed by atoms with Gasteiger partial charge in [-0.05, 0) is 49.4 Å². The molecule has 140 valence electrons. The Morgan fingerprint density at radius 3 is 2.46 bits per heavy atom. The van der Waals surface area contributed by atoms with Crippen LogP contribution in [0, 0.1) is 0 Å². The Bertz CT molecular complexity index is 867. The zero-order valence-electron chi connectivity index (χ0n) is 14.2. The first-order valence-corrected chi connectivity index (χ1v) is 9.46. The van der Waals surface area contributed by atoms with Crippen LogP contribution in [0.3, 0.4) is 0 Å². The fourth-order valence-corrected chi connectivity index (χ4v) is 3.26. The summed E-state index contributed by atoms with van der Waals surface area (Å²) in [5.74, 6) is 0.184. The highest BCUT2D eigenvalue weighted by Crippen LogP contribution is 2.30. The second-order valence-corrected chi connectivity index (χ2v) is 7.13. The summed E-state index contributed by atoms with van der Waals surface area (Å²) in [6.45, 7) is 1.70. The van der Waals surface area contributed by atoms with Gasteiger partial charge < -0.3 is 14.2 Å². The van der Waals surface area contributed by atoms with Crippen LogP contribution in [0.2, 0.25) is 5.02 Å². The first-order valence-electron chi connectivity index (χ1n) is 7.60. The third-order valence-electron chi connectivity index (χ3n) is 3.20. The van der Waals surface area contributed by atoms with Gasteiger partial charge in [0.1, 0.15) is 11.5 Å². The lowest BCUT2D eigenvalue weighted by Crippen LogP contribution is -2.15. The smallest absolute Gasteiger partial charge is 0.344 e. The maximum absolute atomic E-state index is 12.5. The number of carbonyl (C=O) groups excluding carboxylic acids is 1. The average molecular weight is 400 g/mol. The lowest BCUT2D eigenvalue weighted by atomic mass is 10.3. The topological polar surface area (TPSA) is 90.9 Å². The van der Waals surface area contributed by atoms with Gasteiger partial charge in [-0.1, -0.05) is 11.6 Å². The van der Waals surface area contributed by atoms with Crippen LogP contribution in [0.15, 0.2) is 47.4 Å². The predicted molar refractivity (Wildman–Crippen MR) is 97.4 cm³/mol. The molecular weight excluding hydrogens is 382 g/mol. The molecule has 0 amide bonds. The van der Waals surface area contributed by atoms with Crippen molar-refractivity contribution in [2.45, 2.75) is 11.8 Å². The van der Waals surface area contributed by atoms with E-state index in [4.69, 9.17) is 25.8 Å². The molecule has 0 heterocycles. The van der Waals surface area contributed by atoms with Gasteiger partial charge in [-0.2, -0.15) is 0 Å². The number of hydrogen-bond acceptors (Lipinski definition) is 6. The van der Waals surface area contributed by atoms with Crippen molar-refractivity contribution in [3.05, 3.63) is 47.5 Å². The van der Waals surface area contributed by atoms with Gasteiger partial charge in [0, 0.05) is 5.02 Å². The van der Waals surface area contributed by atoms with Gasteiger partial charge in [0.25, 0.3) is 10.0 Å². The van der Waals surface area contributed by atoms with Gasteiger partial charge in [-0.25, -0.2) is 13.2 Å². The van der Waals surface area contributed by atoms with E-state index in [9.17, 15) is 13.2 Å². The molecule has 0 saturated heterocycles. The summed E-state index contributed by atoms with van der Waals surface area (Å²) in [6.07, 6.45) is 0. The van der Waals surface area contributed by atoms with E-state index in [1.54, 1.807) is 19.1 Å². The SMILES string of the molecule is CCOC(=O)COc1ccc(S(=O)(=O)Nc2cc(Cl)ccc2OC)cc1. The Labute approximate surface area is 156 Å². The summed E-state index contributed by atoms with van der Waals surface area (Å²) in [5.41, 5.74) is 0.225. The maximum Gasteiger partial charge on any atom is 0.344 e. The lowest BCUT2D eigenvalue weighted by Gasteiger charge is -2.12. The number of anilines is 1. The quantitative estimate of drug-likeness (QED) is 0.686. The van der Waals surface area contributed by atoms with Gasteiger partial charge in [0.15, 0.2) is 6.61 Å². The molecule has 0 atom stereocenters. The summed E-state index contributed by atoms with van der Waals surface area (Å²) >= 11 is 5.91. The van der Waals surface area contributed by atoms with Crippen LogP contribution >= 0.6 is 11.6 Å². The van der Waals surface area contributed by atoms with Crippen molar-refractivity contribution < 1.29 is 27.4 Å². The minimum Gasteiger partial charge on any atom is -0.495 e. The van der Waals surface area contributed by atoms with Gasteiger partial charge in [-0.3, -0.25) is 4.72 Å². The Hall–Kier alpha value is -2.45. The Morgan fingerprint density at radius 2 is 1.85 bits per heavy atom. The molecular formula is C17H18ClNO6S. The van der Waals surface area contributed by atoms with Crippen LogP contribution < -0.4 is 14.2 Å². The van der Waals surface area contributed by atoms with Gasteiger partial charge in [-0.15, -0.1) is 0 Å². The molecule has 9 heteroatoms. The molecule has 0 radical (unpaired) electrons. The molecule has 26 heavy (non-hydrogen) atoms. The molecule has 0 aliphatic heterocycles. The molecule has 0 saturated carbocycles. The van der Waals surface area contributed by atoms with Crippen molar-refractivity contribution in [2.75, 3.05) is 25.0 Å². The second kappa shape index (κ2) is 8.77. The monoisotopic (exact) mass is 399 g/mol. The molecule has 0 aliphatic carbocycles. The number of halogens is 1. The number of carbonyl (C=O) groups is 1. The van der Waals surface area contributed by atoms with E-state index in [1.165, 1.54) is 37.4 Å². The molecule has 0 unspecified atom stereocenters. The average Bonchev–Trinajstić information content (AvgIpc) is 2.60. The van der Waals surface area contributed by atoms with Gasteiger partial charge in [0.2, 0.25) is 0 Å². The van der Waals surface area contributed by atoms with E-state index in [1.807, 2.05) is 0 Å². The highest BCUT2D eigenvalue weighted by molar-refractivity contribution is 7.92. The minimum atomic E-state index is -3.86. The molecule has 0 bridgehead atoms. The number of esters is 1. The summed E-state index contributed by atoms with van der Waals surface area (Å²) < 4.78 is 42.6. The fourth-order valence-electron chi connectivity index (χ4n) is 2.02. The van der Waals surface area contributed by atoms with E-state index in [2.05, 4.69) is 4.72 Å². The van der Waals surface area contributed by atoms with E-state index in [0.717, 1.165) is 0 Å². The number of sulfonamides is 1. The molecule has 2 aromatic carbocycles. The minimum absolute atomic E-state index is 0.0167. The standard InChI is InChI=1S/C17H18ClNO6S/c1-3-24-17(20)11-25-13-5-7-14(8-6-13)26(21,22)19-15-10-12(18)4-9-16(15)23-2/h4-10,19H,3,11H2,1-2H3. The van der Waals surface area contributed by atoms with E-state index in [-0.39, 0.29) is 23.8 Å². The first-order chi connectivity index (χ1) is 12.4. The van der Waals surface area contributed by atoms with Gasteiger partial charge in [0.05, 0.1) is 24.3 Å². The van der Waals surface area contributed by atoms with Crippen LogP contribution in [0.4, 0.5) is 5.69 Å².